The quantitative estimate of drug-likeness (QED) is 0.492. The van der Waals surface area contributed by atoms with Crippen LogP contribution in [0.25, 0.3) is 22.1 Å². The first-order chi connectivity index (χ1) is 12.8. The van der Waals surface area contributed by atoms with Crippen molar-refractivity contribution in [1.29, 1.82) is 0 Å². The summed E-state index contributed by atoms with van der Waals surface area (Å²) >= 11 is 0. The van der Waals surface area contributed by atoms with Crippen molar-refractivity contribution in [3.8, 4) is 16.9 Å². The van der Waals surface area contributed by atoms with Gasteiger partial charge in [-0.15, -0.1) is 0 Å². The molecule has 27 heavy (non-hydrogen) atoms. The normalized spacial score (nSPS) is 12.2. The van der Waals surface area contributed by atoms with Crippen LogP contribution in [0.2, 0.25) is 0 Å². The van der Waals surface area contributed by atoms with Gasteiger partial charge < -0.3 is 13.9 Å². The number of ether oxygens (including phenoxy) is 2. The van der Waals surface area contributed by atoms with Crippen LogP contribution in [0.1, 0.15) is 26.3 Å². The molecule has 140 valence electrons. The van der Waals surface area contributed by atoms with Crippen molar-refractivity contribution < 1.29 is 18.7 Å². The van der Waals surface area contributed by atoms with Crippen molar-refractivity contribution in [1.82, 2.24) is 0 Å². The number of hydrogen-bond acceptors (Lipinski definition) is 5. The lowest BCUT2D eigenvalue weighted by Crippen LogP contribution is -2.28. The second kappa shape index (κ2) is 7.66. The van der Waals surface area contributed by atoms with Gasteiger partial charge in [0, 0.05) is 23.1 Å². The van der Waals surface area contributed by atoms with E-state index in [9.17, 15) is 9.59 Å². The van der Waals surface area contributed by atoms with E-state index in [-0.39, 0.29) is 6.10 Å². The minimum absolute atomic E-state index is 0.213. The van der Waals surface area contributed by atoms with E-state index >= 15 is 0 Å². The van der Waals surface area contributed by atoms with Crippen molar-refractivity contribution in [3.63, 3.8) is 0 Å². The first kappa shape index (κ1) is 18.7. The Morgan fingerprint density at radius 2 is 1.74 bits per heavy atom. The standard InChI is InChI=1S/C22H22O5/c1-13(2)25-22(24)15(4)26-16-9-10-18-19(12-21(23)27-20(18)11-16)17-8-6-5-7-14(17)3/h5-13,15H,1-4H3. The van der Waals surface area contributed by atoms with Crippen LogP contribution in [0, 0.1) is 6.92 Å². The Hall–Kier alpha value is -3.08. The molecule has 0 saturated carbocycles. The summed E-state index contributed by atoms with van der Waals surface area (Å²) in [7, 11) is 0. The minimum atomic E-state index is -0.767. The van der Waals surface area contributed by atoms with Crippen molar-refractivity contribution in [2.45, 2.75) is 39.9 Å². The fourth-order valence-electron chi connectivity index (χ4n) is 2.89. The molecule has 5 heteroatoms. The molecule has 1 aromatic heterocycles. The summed E-state index contributed by atoms with van der Waals surface area (Å²) in [6, 6.07) is 14.6. The van der Waals surface area contributed by atoms with Gasteiger partial charge in [-0.3, -0.25) is 0 Å². The molecule has 0 saturated heterocycles. The molecule has 3 rings (SSSR count). The SMILES string of the molecule is Cc1ccccc1-c1cc(=O)oc2cc(OC(C)C(=O)OC(C)C)ccc12. The van der Waals surface area contributed by atoms with Crippen LogP contribution >= 0.6 is 0 Å². The van der Waals surface area contributed by atoms with Crippen molar-refractivity contribution in [3.05, 3.63) is 64.5 Å². The van der Waals surface area contributed by atoms with E-state index in [1.54, 1.807) is 32.9 Å². The first-order valence-corrected chi connectivity index (χ1v) is 8.86. The number of carbonyl (C=O) groups is 1. The van der Waals surface area contributed by atoms with E-state index in [4.69, 9.17) is 13.9 Å². The zero-order valence-corrected chi connectivity index (χ0v) is 15.8. The molecule has 1 unspecified atom stereocenters. The number of esters is 1. The van der Waals surface area contributed by atoms with Gasteiger partial charge in [0.2, 0.25) is 0 Å². The number of hydrogen-bond donors (Lipinski definition) is 0. The van der Waals surface area contributed by atoms with Crippen molar-refractivity contribution in [2.24, 2.45) is 0 Å². The molecule has 0 aliphatic rings. The molecule has 0 amide bonds. The van der Waals surface area contributed by atoms with Crippen LogP contribution in [0.15, 0.2) is 57.7 Å². The Bertz CT molecular complexity index is 1030. The zero-order chi connectivity index (χ0) is 19.6. The van der Waals surface area contributed by atoms with E-state index in [1.165, 1.54) is 6.07 Å². The van der Waals surface area contributed by atoms with Crippen LogP contribution in [0.4, 0.5) is 0 Å². The van der Waals surface area contributed by atoms with E-state index in [1.807, 2.05) is 37.3 Å². The van der Waals surface area contributed by atoms with Crippen LogP contribution in [-0.2, 0) is 9.53 Å². The third-order valence-corrected chi connectivity index (χ3v) is 4.15. The Balaban J connectivity index is 1.98. The molecule has 3 aromatic rings. The summed E-state index contributed by atoms with van der Waals surface area (Å²) in [6.45, 7) is 7.18. The highest BCUT2D eigenvalue weighted by molar-refractivity contribution is 5.94. The average molecular weight is 366 g/mol. The van der Waals surface area contributed by atoms with E-state index < -0.39 is 17.7 Å². The van der Waals surface area contributed by atoms with Crippen LogP contribution in [0.5, 0.6) is 5.75 Å². The molecule has 0 radical (unpaired) electrons. The highest BCUT2D eigenvalue weighted by Crippen LogP contribution is 2.31. The highest BCUT2D eigenvalue weighted by atomic mass is 16.6. The van der Waals surface area contributed by atoms with E-state index in [0.29, 0.717) is 11.3 Å². The summed E-state index contributed by atoms with van der Waals surface area (Å²) in [5, 5.41) is 0.800. The minimum Gasteiger partial charge on any atom is -0.479 e. The molecular weight excluding hydrogens is 344 g/mol. The highest BCUT2D eigenvalue weighted by Gasteiger charge is 2.18. The number of carbonyl (C=O) groups excluding carboxylic acids is 1. The van der Waals surface area contributed by atoms with Crippen molar-refractivity contribution >= 4 is 16.9 Å². The van der Waals surface area contributed by atoms with Gasteiger partial charge in [-0.05, 0) is 51.0 Å². The van der Waals surface area contributed by atoms with Gasteiger partial charge in [-0.1, -0.05) is 24.3 Å². The fourth-order valence-corrected chi connectivity index (χ4v) is 2.89. The summed E-state index contributed by atoms with van der Waals surface area (Å²) in [5.74, 6) is -0.0130. The van der Waals surface area contributed by atoms with Gasteiger partial charge in [-0.2, -0.15) is 0 Å². The predicted molar refractivity (Wildman–Crippen MR) is 104 cm³/mol. The average Bonchev–Trinajstić information content (AvgIpc) is 2.60. The maximum atomic E-state index is 12.1. The molecule has 2 aromatic carbocycles. The molecule has 0 spiro atoms. The molecule has 0 aliphatic carbocycles. The summed E-state index contributed by atoms with van der Waals surface area (Å²) < 4.78 is 16.2. The maximum Gasteiger partial charge on any atom is 0.347 e. The number of aryl methyl sites for hydroxylation is 1. The Kier molecular flexibility index (Phi) is 5.31. The summed E-state index contributed by atoms with van der Waals surface area (Å²) in [4.78, 5) is 24.0. The molecule has 0 bridgehead atoms. The second-order valence-electron chi connectivity index (χ2n) is 6.70. The molecule has 0 aliphatic heterocycles. The molecule has 5 nitrogen and oxygen atoms in total. The lowest BCUT2D eigenvalue weighted by Gasteiger charge is -2.16. The Morgan fingerprint density at radius 3 is 2.44 bits per heavy atom. The number of benzene rings is 2. The van der Waals surface area contributed by atoms with E-state index in [0.717, 1.165) is 22.1 Å². The molecule has 1 heterocycles. The second-order valence-corrected chi connectivity index (χ2v) is 6.70. The monoisotopic (exact) mass is 366 g/mol. The third kappa shape index (κ3) is 4.19. The van der Waals surface area contributed by atoms with E-state index in [2.05, 4.69) is 0 Å². The van der Waals surface area contributed by atoms with Crippen molar-refractivity contribution in [2.75, 3.05) is 0 Å². The first-order valence-electron chi connectivity index (χ1n) is 8.86. The van der Waals surface area contributed by atoms with Crippen LogP contribution in [0.3, 0.4) is 0 Å². The largest absolute Gasteiger partial charge is 0.479 e. The lowest BCUT2D eigenvalue weighted by atomic mass is 9.98. The maximum absolute atomic E-state index is 12.1. The van der Waals surface area contributed by atoms with Gasteiger partial charge in [0.25, 0.3) is 0 Å². The van der Waals surface area contributed by atoms with Gasteiger partial charge in [0.15, 0.2) is 6.10 Å². The van der Waals surface area contributed by atoms with Gasteiger partial charge in [0.1, 0.15) is 11.3 Å². The molecular formula is C22H22O5. The molecule has 0 fully saturated rings. The number of rotatable bonds is 5. The summed E-state index contributed by atoms with van der Waals surface area (Å²) in [6.07, 6.45) is -0.981. The topological polar surface area (TPSA) is 65.7 Å². The smallest absolute Gasteiger partial charge is 0.347 e. The van der Waals surface area contributed by atoms with Crippen LogP contribution in [-0.4, -0.2) is 18.2 Å². The third-order valence-electron chi connectivity index (χ3n) is 4.15. The molecule has 1 atom stereocenters. The van der Waals surface area contributed by atoms with Crippen LogP contribution < -0.4 is 10.4 Å². The fraction of sp³-hybridized carbons (Fsp3) is 0.273. The lowest BCUT2D eigenvalue weighted by molar-refractivity contribution is -0.154. The number of fused-ring (bicyclic) bond motifs is 1. The van der Waals surface area contributed by atoms with Gasteiger partial charge in [-0.25, -0.2) is 9.59 Å². The van der Waals surface area contributed by atoms with Gasteiger partial charge in [0.05, 0.1) is 6.10 Å². The zero-order valence-electron chi connectivity index (χ0n) is 15.8. The van der Waals surface area contributed by atoms with Gasteiger partial charge >= 0.3 is 11.6 Å². The predicted octanol–water partition coefficient (Wildman–Crippen LogP) is 4.49. The Labute approximate surface area is 157 Å². The molecule has 0 N–H and O–H groups in total. The Morgan fingerprint density at radius 1 is 1.00 bits per heavy atom. The summed E-state index contributed by atoms with van der Waals surface area (Å²) in [5.41, 5.74) is 2.80.